The molecule has 0 aliphatic carbocycles. The van der Waals surface area contributed by atoms with E-state index in [1.807, 2.05) is 6.92 Å². The van der Waals surface area contributed by atoms with Crippen molar-refractivity contribution in [2.24, 2.45) is 0 Å². The van der Waals surface area contributed by atoms with E-state index in [1.54, 1.807) is 25.4 Å². The number of pyridine rings is 1. The van der Waals surface area contributed by atoms with Crippen LogP contribution in [0.5, 0.6) is 0 Å². The smallest absolute Gasteiger partial charge is 0.406 e. The van der Waals surface area contributed by atoms with Crippen molar-refractivity contribution in [3.63, 3.8) is 0 Å². The summed E-state index contributed by atoms with van der Waals surface area (Å²) in [6.45, 7) is 1.99. The van der Waals surface area contributed by atoms with E-state index in [9.17, 15) is 4.79 Å². The van der Waals surface area contributed by atoms with Gasteiger partial charge in [0.2, 0.25) is 0 Å². The third-order valence-electron chi connectivity index (χ3n) is 2.47. The zero-order valence-electron chi connectivity index (χ0n) is 10.0. The molecule has 1 atom stereocenters. The molecule has 0 fully saturated rings. The van der Waals surface area contributed by atoms with Gasteiger partial charge in [-0.05, 0) is 12.1 Å². The molecule has 0 saturated carbocycles. The average molecular weight is 304 g/mol. The van der Waals surface area contributed by atoms with E-state index in [1.165, 1.54) is 15.9 Å². The van der Waals surface area contributed by atoms with Crippen molar-refractivity contribution < 1.29 is 8.94 Å². The minimum Gasteiger partial charge on any atom is -0.406 e. The van der Waals surface area contributed by atoms with Gasteiger partial charge in [-0.2, -0.15) is 0 Å². The summed E-state index contributed by atoms with van der Waals surface area (Å²) >= 11 is 6.91. The molecule has 0 radical (unpaired) electrons. The molecule has 18 heavy (non-hydrogen) atoms. The van der Waals surface area contributed by atoms with Crippen molar-refractivity contribution in [2.75, 3.05) is 13.3 Å². The second-order valence-electron chi connectivity index (χ2n) is 3.49. The first-order valence-corrected chi connectivity index (χ1v) is 9.83. The van der Waals surface area contributed by atoms with Gasteiger partial charge in [0.05, 0.1) is 5.88 Å². The fourth-order valence-corrected chi connectivity index (χ4v) is 4.66. The van der Waals surface area contributed by atoms with Gasteiger partial charge in [0.1, 0.15) is 5.47 Å². The normalized spacial score (nSPS) is 14.8. The molecule has 1 unspecified atom stereocenters. The summed E-state index contributed by atoms with van der Waals surface area (Å²) in [6, 6.07) is 3.45. The Kier molecular flexibility index (Phi) is 4.27. The molecule has 0 N–H and O–H groups in total. The van der Waals surface area contributed by atoms with Crippen molar-refractivity contribution in [2.45, 2.75) is 12.8 Å². The maximum atomic E-state index is 11.7. The summed E-state index contributed by atoms with van der Waals surface area (Å²) in [5.41, 5.74) is -0.863. The van der Waals surface area contributed by atoms with Crippen molar-refractivity contribution in [3.05, 3.63) is 28.9 Å². The number of rotatable bonds is 5. The van der Waals surface area contributed by atoms with Crippen LogP contribution in [0.1, 0.15) is 6.92 Å². The number of hydrogen-bond acceptors (Lipinski definition) is 6. The molecule has 0 bridgehead atoms. The highest BCUT2D eigenvalue weighted by Crippen LogP contribution is 2.59. The standard InChI is InChI=1S/C10H13N2O3PS2/c1-3-16(17,14-2)18-7-12-9-8(15-10(12)13)5-4-6-11-9/h4-6H,3,7H2,1-2H3. The van der Waals surface area contributed by atoms with Crippen LogP contribution in [0.25, 0.3) is 11.2 Å². The van der Waals surface area contributed by atoms with E-state index in [0.717, 1.165) is 6.16 Å². The van der Waals surface area contributed by atoms with E-state index in [4.69, 9.17) is 20.7 Å². The van der Waals surface area contributed by atoms with Gasteiger partial charge in [0.25, 0.3) is 0 Å². The number of hydrogen-bond donors (Lipinski definition) is 0. The Bertz CT molecular complexity index is 644. The molecule has 2 aromatic rings. The fraction of sp³-hybridized carbons (Fsp3) is 0.400. The zero-order chi connectivity index (χ0) is 13.2. The number of aromatic nitrogens is 2. The highest BCUT2D eigenvalue weighted by Gasteiger charge is 2.17. The van der Waals surface area contributed by atoms with E-state index < -0.39 is 11.2 Å². The second kappa shape index (κ2) is 5.57. The van der Waals surface area contributed by atoms with Gasteiger partial charge < -0.3 is 8.94 Å². The van der Waals surface area contributed by atoms with Crippen LogP contribution in [0, 0.1) is 0 Å². The Labute approximate surface area is 113 Å². The van der Waals surface area contributed by atoms with Gasteiger partial charge >= 0.3 is 5.76 Å². The monoisotopic (exact) mass is 304 g/mol. The molecule has 0 aromatic carbocycles. The van der Waals surface area contributed by atoms with E-state index in [0.29, 0.717) is 17.1 Å². The van der Waals surface area contributed by atoms with Crippen LogP contribution in [-0.2, 0) is 22.2 Å². The lowest BCUT2D eigenvalue weighted by Gasteiger charge is -2.16. The first kappa shape index (κ1) is 13.8. The molecular weight excluding hydrogens is 291 g/mol. The molecule has 0 saturated heterocycles. The minimum atomic E-state index is -1.90. The van der Waals surface area contributed by atoms with Gasteiger partial charge in [-0.25, -0.2) is 14.3 Å². The van der Waals surface area contributed by atoms with Gasteiger partial charge in [0.15, 0.2) is 11.2 Å². The maximum absolute atomic E-state index is 11.7. The average Bonchev–Trinajstić information content (AvgIpc) is 2.72. The van der Waals surface area contributed by atoms with Gasteiger partial charge in [-0.15, -0.1) is 0 Å². The predicted molar refractivity (Wildman–Crippen MR) is 77.7 cm³/mol. The highest BCUT2D eigenvalue weighted by atomic mass is 32.9. The van der Waals surface area contributed by atoms with Gasteiger partial charge in [0, 0.05) is 19.5 Å². The van der Waals surface area contributed by atoms with E-state index in [2.05, 4.69) is 4.98 Å². The molecule has 2 aromatic heterocycles. The molecule has 0 amide bonds. The Morgan fingerprint density at radius 1 is 1.67 bits per heavy atom. The second-order valence-corrected chi connectivity index (χ2v) is 11.2. The molecule has 5 nitrogen and oxygen atoms in total. The SMILES string of the molecule is CCP(=S)(OC)SCn1c(=O)oc2cccnc21. The maximum Gasteiger partial charge on any atom is 0.421 e. The predicted octanol–water partition coefficient (Wildman–Crippen LogP) is 2.66. The van der Waals surface area contributed by atoms with Crippen LogP contribution in [0.3, 0.4) is 0 Å². The lowest BCUT2D eigenvalue weighted by Crippen LogP contribution is -2.13. The lowest BCUT2D eigenvalue weighted by molar-refractivity contribution is 0.470. The molecule has 8 heteroatoms. The van der Waals surface area contributed by atoms with Crippen molar-refractivity contribution in [1.82, 2.24) is 9.55 Å². The van der Waals surface area contributed by atoms with E-state index >= 15 is 0 Å². The fourth-order valence-electron chi connectivity index (χ4n) is 1.43. The Morgan fingerprint density at radius 3 is 3.11 bits per heavy atom. The third-order valence-corrected chi connectivity index (χ3v) is 9.49. The molecule has 98 valence electrons. The minimum absolute atomic E-state index is 0.405. The number of fused-ring (bicyclic) bond motifs is 1. The van der Waals surface area contributed by atoms with Crippen molar-refractivity contribution >= 4 is 39.9 Å². The topological polar surface area (TPSA) is 57.3 Å². The quantitative estimate of drug-likeness (QED) is 0.792. The van der Waals surface area contributed by atoms with Crippen LogP contribution in [0.4, 0.5) is 0 Å². The summed E-state index contributed by atoms with van der Waals surface area (Å²) in [5.74, 6) is -0.00751. The molecule has 0 aliphatic rings. The van der Waals surface area contributed by atoms with Gasteiger partial charge in [-0.1, -0.05) is 30.1 Å². The summed E-state index contributed by atoms with van der Waals surface area (Å²) < 4.78 is 11.9. The first-order valence-electron chi connectivity index (χ1n) is 5.33. The summed E-state index contributed by atoms with van der Waals surface area (Å²) in [5, 5.41) is 0. The van der Waals surface area contributed by atoms with Gasteiger partial charge in [-0.3, -0.25) is 0 Å². The number of nitrogens with zero attached hydrogens (tertiary/aromatic N) is 2. The first-order chi connectivity index (χ1) is 8.59. The molecular formula is C10H13N2O3PS2. The summed E-state index contributed by atoms with van der Waals surface area (Å²) in [7, 11) is 1.62. The van der Waals surface area contributed by atoms with E-state index in [-0.39, 0.29) is 0 Å². The van der Waals surface area contributed by atoms with Crippen LogP contribution < -0.4 is 5.76 Å². The Balaban J connectivity index is 2.30. The molecule has 0 spiro atoms. The number of oxazole rings is 1. The van der Waals surface area contributed by atoms with Crippen LogP contribution >= 0.6 is 16.8 Å². The van der Waals surface area contributed by atoms with Crippen molar-refractivity contribution in [3.8, 4) is 0 Å². The Hall–Kier alpha value is -0.620. The molecule has 0 aliphatic heterocycles. The third kappa shape index (κ3) is 2.69. The largest absolute Gasteiger partial charge is 0.421 e. The molecule has 2 heterocycles. The van der Waals surface area contributed by atoms with Crippen LogP contribution in [0.15, 0.2) is 27.5 Å². The Morgan fingerprint density at radius 2 is 2.44 bits per heavy atom. The highest BCUT2D eigenvalue weighted by molar-refractivity contribution is 8.69. The lowest BCUT2D eigenvalue weighted by atomic mass is 10.5. The summed E-state index contributed by atoms with van der Waals surface area (Å²) in [4.78, 5) is 15.9. The zero-order valence-corrected chi connectivity index (χ0v) is 12.6. The van der Waals surface area contributed by atoms with Crippen LogP contribution in [-0.4, -0.2) is 22.8 Å². The van der Waals surface area contributed by atoms with Crippen molar-refractivity contribution in [1.29, 1.82) is 0 Å². The van der Waals surface area contributed by atoms with Crippen LogP contribution in [0.2, 0.25) is 0 Å². The molecule has 2 rings (SSSR count). The summed E-state index contributed by atoms with van der Waals surface area (Å²) in [6.07, 6.45) is 2.41.